The maximum atomic E-state index is 12.3. The molecule has 0 radical (unpaired) electrons. The number of fused-ring (bicyclic) bond motifs is 1. The zero-order chi connectivity index (χ0) is 17.8. The summed E-state index contributed by atoms with van der Waals surface area (Å²) in [5.74, 6) is -0.762. The molecular formula is C19H20N2O4. The van der Waals surface area contributed by atoms with Gasteiger partial charge in [-0.05, 0) is 17.7 Å². The number of hydrogen-bond acceptors (Lipinski definition) is 5. The first-order valence-electron chi connectivity index (χ1n) is 8.08. The Morgan fingerprint density at radius 2 is 1.52 bits per heavy atom. The van der Waals surface area contributed by atoms with Gasteiger partial charge in [-0.1, -0.05) is 42.5 Å². The van der Waals surface area contributed by atoms with E-state index in [1.807, 2.05) is 30.3 Å². The van der Waals surface area contributed by atoms with E-state index in [-0.39, 0.29) is 25.0 Å². The molecule has 6 nitrogen and oxygen atoms in total. The highest BCUT2D eigenvalue weighted by molar-refractivity contribution is 6.21. The highest BCUT2D eigenvalue weighted by atomic mass is 16.5. The number of nitrogens with zero attached hydrogens (tertiary/aromatic N) is 1. The van der Waals surface area contributed by atoms with E-state index in [1.165, 1.54) is 0 Å². The summed E-state index contributed by atoms with van der Waals surface area (Å²) in [6, 6.07) is 15.4. The summed E-state index contributed by atoms with van der Waals surface area (Å²) in [6.45, 7) is 0.332. The fourth-order valence-electron chi connectivity index (χ4n) is 2.73. The van der Waals surface area contributed by atoms with E-state index in [0.717, 1.165) is 10.5 Å². The lowest BCUT2D eigenvalue weighted by Gasteiger charge is -2.23. The lowest BCUT2D eigenvalue weighted by molar-refractivity contribution is 0.0107. The molecule has 1 heterocycles. The first-order chi connectivity index (χ1) is 12.1. The topological polar surface area (TPSA) is 92.9 Å². The molecule has 0 spiro atoms. The largest absolute Gasteiger partial charge is 0.389 e. The van der Waals surface area contributed by atoms with Crippen LogP contribution in [0.2, 0.25) is 0 Å². The van der Waals surface area contributed by atoms with E-state index in [9.17, 15) is 14.7 Å². The SMILES string of the molecule is N[C@@H](CN1C(=O)c2ccccc2C1=O)[C@@H](O)COCc1ccccc1. The van der Waals surface area contributed by atoms with Crippen molar-refractivity contribution in [2.75, 3.05) is 13.2 Å². The van der Waals surface area contributed by atoms with Crippen LogP contribution in [-0.4, -0.2) is 47.1 Å². The van der Waals surface area contributed by atoms with Crippen LogP contribution in [0.3, 0.4) is 0 Å². The third-order valence-corrected chi connectivity index (χ3v) is 4.17. The Labute approximate surface area is 145 Å². The van der Waals surface area contributed by atoms with E-state index < -0.39 is 12.1 Å². The predicted molar refractivity (Wildman–Crippen MR) is 91.9 cm³/mol. The number of nitrogens with two attached hydrogens (primary N) is 1. The second-order valence-corrected chi connectivity index (χ2v) is 6.00. The molecule has 1 aliphatic rings. The van der Waals surface area contributed by atoms with Gasteiger partial charge in [0, 0.05) is 6.54 Å². The normalized spacial score (nSPS) is 16.0. The van der Waals surface area contributed by atoms with Crippen molar-refractivity contribution in [2.24, 2.45) is 5.73 Å². The van der Waals surface area contributed by atoms with Gasteiger partial charge in [-0.3, -0.25) is 14.5 Å². The quantitative estimate of drug-likeness (QED) is 0.739. The van der Waals surface area contributed by atoms with Gasteiger partial charge in [0.1, 0.15) is 0 Å². The molecule has 0 aliphatic carbocycles. The van der Waals surface area contributed by atoms with Crippen LogP contribution in [0.15, 0.2) is 54.6 Å². The summed E-state index contributed by atoms with van der Waals surface area (Å²) >= 11 is 0. The van der Waals surface area contributed by atoms with Crippen LogP contribution >= 0.6 is 0 Å². The molecule has 0 aromatic heterocycles. The van der Waals surface area contributed by atoms with E-state index in [4.69, 9.17) is 10.5 Å². The summed E-state index contributed by atoms with van der Waals surface area (Å²) in [6.07, 6.45) is -0.979. The molecule has 6 heteroatoms. The molecule has 2 amide bonds. The molecule has 1 aliphatic heterocycles. The Morgan fingerprint density at radius 3 is 2.12 bits per heavy atom. The number of carbonyl (C=O) groups excluding carboxylic acids is 2. The fraction of sp³-hybridized carbons (Fsp3) is 0.263. The molecule has 0 saturated carbocycles. The molecule has 3 N–H and O–H groups in total. The number of benzene rings is 2. The number of amides is 2. The molecule has 3 rings (SSSR count). The Kier molecular flexibility index (Phi) is 5.23. The molecule has 0 fully saturated rings. The van der Waals surface area contributed by atoms with Crippen molar-refractivity contribution in [3.8, 4) is 0 Å². The zero-order valence-corrected chi connectivity index (χ0v) is 13.7. The van der Waals surface area contributed by atoms with Crippen molar-refractivity contribution in [1.82, 2.24) is 4.90 Å². The van der Waals surface area contributed by atoms with Crippen LogP contribution in [0.4, 0.5) is 0 Å². The van der Waals surface area contributed by atoms with Crippen molar-refractivity contribution >= 4 is 11.8 Å². The number of carbonyl (C=O) groups is 2. The molecule has 130 valence electrons. The van der Waals surface area contributed by atoms with Crippen molar-refractivity contribution in [2.45, 2.75) is 18.8 Å². The van der Waals surface area contributed by atoms with Gasteiger partial charge in [-0.15, -0.1) is 0 Å². The first kappa shape index (κ1) is 17.3. The van der Waals surface area contributed by atoms with Crippen LogP contribution in [-0.2, 0) is 11.3 Å². The van der Waals surface area contributed by atoms with Crippen molar-refractivity contribution in [3.63, 3.8) is 0 Å². The smallest absolute Gasteiger partial charge is 0.261 e. The van der Waals surface area contributed by atoms with Crippen LogP contribution in [0.1, 0.15) is 26.3 Å². The van der Waals surface area contributed by atoms with Gasteiger partial charge in [-0.25, -0.2) is 0 Å². The fourth-order valence-corrected chi connectivity index (χ4v) is 2.73. The third kappa shape index (κ3) is 3.76. The van der Waals surface area contributed by atoms with E-state index >= 15 is 0 Å². The van der Waals surface area contributed by atoms with Gasteiger partial charge in [0.15, 0.2) is 0 Å². The van der Waals surface area contributed by atoms with Gasteiger partial charge < -0.3 is 15.6 Å². The monoisotopic (exact) mass is 340 g/mol. The number of aliphatic hydroxyl groups is 1. The van der Waals surface area contributed by atoms with Crippen molar-refractivity contribution in [1.29, 1.82) is 0 Å². The second kappa shape index (κ2) is 7.57. The number of hydrogen-bond donors (Lipinski definition) is 2. The minimum atomic E-state index is -0.979. The molecular weight excluding hydrogens is 320 g/mol. The molecule has 0 saturated heterocycles. The summed E-state index contributed by atoms with van der Waals surface area (Å²) in [5.41, 5.74) is 7.69. The number of rotatable bonds is 7. The van der Waals surface area contributed by atoms with Gasteiger partial charge in [0.2, 0.25) is 0 Å². The Hall–Kier alpha value is -2.54. The van der Waals surface area contributed by atoms with E-state index in [1.54, 1.807) is 24.3 Å². The molecule has 0 bridgehead atoms. The Balaban J connectivity index is 1.53. The molecule has 25 heavy (non-hydrogen) atoms. The Bertz CT molecular complexity index is 728. The van der Waals surface area contributed by atoms with E-state index in [0.29, 0.717) is 17.7 Å². The number of ether oxygens (including phenoxy) is 1. The van der Waals surface area contributed by atoms with Crippen LogP contribution < -0.4 is 5.73 Å². The second-order valence-electron chi connectivity index (χ2n) is 6.00. The number of aliphatic hydroxyl groups excluding tert-OH is 1. The lowest BCUT2D eigenvalue weighted by atomic mass is 10.1. The third-order valence-electron chi connectivity index (χ3n) is 4.17. The molecule has 2 aromatic rings. The maximum Gasteiger partial charge on any atom is 0.261 e. The minimum Gasteiger partial charge on any atom is -0.389 e. The zero-order valence-electron chi connectivity index (χ0n) is 13.7. The average molecular weight is 340 g/mol. The standard InChI is InChI=1S/C19H20N2O4/c20-16(17(22)12-25-11-13-6-2-1-3-7-13)10-21-18(23)14-8-4-5-9-15(14)19(21)24/h1-9,16-17,22H,10-12,20H2/t16-,17-/m0/s1. The summed E-state index contributed by atoms with van der Waals surface area (Å²) in [4.78, 5) is 25.7. The summed E-state index contributed by atoms with van der Waals surface area (Å²) < 4.78 is 5.46. The summed E-state index contributed by atoms with van der Waals surface area (Å²) in [7, 11) is 0. The van der Waals surface area contributed by atoms with Gasteiger partial charge in [-0.2, -0.15) is 0 Å². The first-order valence-corrected chi connectivity index (χ1v) is 8.08. The molecule has 2 aromatic carbocycles. The van der Waals surface area contributed by atoms with Gasteiger partial charge in [0.05, 0.1) is 36.5 Å². The summed E-state index contributed by atoms with van der Waals surface area (Å²) in [5, 5.41) is 10.1. The Morgan fingerprint density at radius 1 is 0.960 bits per heavy atom. The van der Waals surface area contributed by atoms with Gasteiger partial charge in [0.25, 0.3) is 11.8 Å². The van der Waals surface area contributed by atoms with E-state index in [2.05, 4.69) is 0 Å². The highest BCUT2D eigenvalue weighted by Crippen LogP contribution is 2.22. The van der Waals surface area contributed by atoms with Crippen molar-refractivity contribution in [3.05, 3.63) is 71.3 Å². The van der Waals surface area contributed by atoms with Crippen molar-refractivity contribution < 1.29 is 19.4 Å². The van der Waals surface area contributed by atoms with Crippen LogP contribution in [0.25, 0.3) is 0 Å². The van der Waals surface area contributed by atoms with Crippen LogP contribution in [0.5, 0.6) is 0 Å². The predicted octanol–water partition coefficient (Wildman–Crippen LogP) is 1.19. The molecule has 0 unspecified atom stereocenters. The molecule has 2 atom stereocenters. The van der Waals surface area contributed by atoms with Gasteiger partial charge >= 0.3 is 0 Å². The minimum absolute atomic E-state index is 0.0270. The average Bonchev–Trinajstić information content (AvgIpc) is 2.88. The van der Waals surface area contributed by atoms with Crippen LogP contribution in [0, 0.1) is 0 Å². The lowest BCUT2D eigenvalue weighted by Crippen LogP contribution is -2.48. The maximum absolute atomic E-state index is 12.3. The highest BCUT2D eigenvalue weighted by Gasteiger charge is 2.36. The number of imide groups is 1.